The van der Waals surface area contributed by atoms with Crippen LogP contribution >= 0.6 is 0 Å². The van der Waals surface area contributed by atoms with Gasteiger partial charge in [-0.15, -0.1) is 0 Å². The van der Waals surface area contributed by atoms with Crippen LogP contribution in [0.25, 0.3) is 0 Å². The fourth-order valence-corrected chi connectivity index (χ4v) is 5.24. The van der Waals surface area contributed by atoms with Crippen LogP contribution in [0.15, 0.2) is 0 Å². The lowest BCUT2D eigenvalue weighted by atomic mass is 9.49. The number of amides is 4. The summed E-state index contributed by atoms with van der Waals surface area (Å²) in [6.07, 6.45) is 7.99. The van der Waals surface area contributed by atoms with Gasteiger partial charge in [0.15, 0.2) is 0 Å². The van der Waals surface area contributed by atoms with Gasteiger partial charge in [-0.2, -0.15) is 0 Å². The highest BCUT2D eigenvalue weighted by molar-refractivity contribution is 5.85. The van der Waals surface area contributed by atoms with Gasteiger partial charge in [-0.25, -0.2) is 4.79 Å². The molecule has 4 amide bonds. The molecule has 0 heterocycles. The first-order valence-corrected chi connectivity index (χ1v) is 8.05. The van der Waals surface area contributed by atoms with E-state index in [1.165, 1.54) is 19.3 Å². The Morgan fingerprint density at radius 2 is 1.41 bits per heavy atom. The van der Waals surface area contributed by atoms with Gasteiger partial charge in [0.25, 0.3) is 5.91 Å². The van der Waals surface area contributed by atoms with E-state index in [1.807, 2.05) is 0 Å². The molecule has 5 N–H and O–H groups in total. The molecule has 4 aliphatic carbocycles. The number of hydrazine groups is 1. The number of carbonyl (C=O) groups excluding carboxylic acids is 3. The number of nitrogens with one attached hydrogen (secondary N) is 3. The van der Waals surface area contributed by atoms with Crippen LogP contribution in [-0.2, 0) is 9.59 Å². The summed E-state index contributed by atoms with van der Waals surface area (Å²) in [4.78, 5) is 34.1. The van der Waals surface area contributed by atoms with E-state index in [4.69, 9.17) is 5.73 Å². The van der Waals surface area contributed by atoms with Crippen molar-refractivity contribution < 1.29 is 14.4 Å². The second kappa shape index (κ2) is 5.78. The van der Waals surface area contributed by atoms with Crippen LogP contribution in [0.4, 0.5) is 4.79 Å². The molecule has 0 aromatic heterocycles. The Morgan fingerprint density at radius 1 is 0.909 bits per heavy atom. The minimum absolute atomic E-state index is 0.144. The summed E-state index contributed by atoms with van der Waals surface area (Å²) in [6.45, 7) is -0.243. The van der Waals surface area contributed by atoms with Crippen LogP contribution < -0.4 is 21.9 Å². The lowest BCUT2D eigenvalue weighted by molar-refractivity contribution is -0.134. The number of carbonyl (C=O) groups is 3. The highest BCUT2D eigenvalue weighted by Crippen LogP contribution is 2.61. The lowest BCUT2D eigenvalue weighted by Gasteiger charge is -2.56. The highest BCUT2D eigenvalue weighted by atomic mass is 16.2. The molecule has 0 spiro atoms. The Hall–Kier alpha value is -1.79. The molecular formula is C15H24N4O3. The van der Waals surface area contributed by atoms with Gasteiger partial charge < -0.3 is 11.1 Å². The molecule has 22 heavy (non-hydrogen) atoms. The maximum Gasteiger partial charge on any atom is 0.312 e. The monoisotopic (exact) mass is 308 g/mol. The molecule has 0 aromatic carbocycles. The molecule has 0 aliphatic heterocycles. The van der Waals surface area contributed by atoms with Gasteiger partial charge in [0.05, 0.1) is 0 Å². The van der Waals surface area contributed by atoms with Crippen LogP contribution in [0.1, 0.15) is 44.9 Å². The third kappa shape index (κ3) is 3.34. The SMILES string of the molecule is NC(=O)NCC(=O)NNC(=O)CC12CC3CC(CC(C3)C1)C2. The van der Waals surface area contributed by atoms with E-state index in [0.717, 1.165) is 37.0 Å². The van der Waals surface area contributed by atoms with E-state index >= 15 is 0 Å². The van der Waals surface area contributed by atoms with Crippen molar-refractivity contribution >= 4 is 17.8 Å². The van der Waals surface area contributed by atoms with Crippen molar-refractivity contribution in [2.75, 3.05) is 6.54 Å². The third-order valence-corrected chi connectivity index (χ3v) is 5.47. The zero-order valence-corrected chi connectivity index (χ0v) is 12.7. The molecular weight excluding hydrogens is 284 g/mol. The van der Waals surface area contributed by atoms with E-state index < -0.39 is 11.9 Å². The summed E-state index contributed by atoms with van der Waals surface area (Å²) in [6, 6.07) is -0.768. The normalized spacial score (nSPS) is 35.0. The number of hydrogen-bond acceptors (Lipinski definition) is 3. The average Bonchev–Trinajstić information content (AvgIpc) is 2.40. The van der Waals surface area contributed by atoms with Gasteiger partial charge in [-0.05, 0) is 61.7 Å². The first kappa shape index (κ1) is 15.1. The molecule has 4 aliphatic rings. The predicted molar refractivity (Wildman–Crippen MR) is 79.1 cm³/mol. The molecule has 4 saturated carbocycles. The van der Waals surface area contributed by atoms with Crippen LogP contribution in [0.5, 0.6) is 0 Å². The highest BCUT2D eigenvalue weighted by Gasteiger charge is 2.51. The maximum atomic E-state index is 12.1. The van der Waals surface area contributed by atoms with Gasteiger partial charge in [-0.1, -0.05) is 0 Å². The minimum atomic E-state index is -0.768. The summed E-state index contributed by atoms with van der Waals surface area (Å²) in [5.41, 5.74) is 9.78. The number of hydrogen-bond donors (Lipinski definition) is 4. The van der Waals surface area contributed by atoms with Crippen molar-refractivity contribution in [2.45, 2.75) is 44.9 Å². The molecule has 0 unspecified atom stereocenters. The van der Waals surface area contributed by atoms with E-state index in [1.54, 1.807) is 0 Å². The number of rotatable bonds is 4. The first-order valence-electron chi connectivity index (χ1n) is 8.05. The molecule has 0 saturated heterocycles. The summed E-state index contributed by atoms with van der Waals surface area (Å²) in [5.74, 6) is 1.77. The molecule has 7 heteroatoms. The first-order chi connectivity index (χ1) is 10.4. The predicted octanol–water partition coefficient (Wildman–Crippen LogP) is 0.409. The van der Waals surface area contributed by atoms with Crippen LogP contribution in [-0.4, -0.2) is 24.4 Å². The maximum absolute atomic E-state index is 12.1. The molecule has 4 bridgehead atoms. The molecule has 122 valence electrons. The molecule has 0 radical (unpaired) electrons. The number of urea groups is 1. The fraction of sp³-hybridized carbons (Fsp3) is 0.800. The number of nitrogens with two attached hydrogens (primary N) is 1. The third-order valence-electron chi connectivity index (χ3n) is 5.47. The minimum Gasteiger partial charge on any atom is -0.352 e. The van der Waals surface area contributed by atoms with E-state index in [2.05, 4.69) is 16.2 Å². The summed E-state index contributed by atoms with van der Waals surface area (Å²) >= 11 is 0. The molecule has 4 fully saturated rings. The lowest BCUT2D eigenvalue weighted by Crippen LogP contribution is -2.51. The molecule has 0 aromatic rings. The standard InChI is InChI=1S/C15H24N4O3/c16-14(22)17-8-13(21)19-18-12(20)7-15-4-9-1-10(5-15)3-11(2-9)6-15/h9-11H,1-8H2,(H,18,20)(H,19,21)(H3,16,17,22). The van der Waals surface area contributed by atoms with Gasteiger partial charge in [-0.3, -0.25) is 20.4 Å². The Labute approximate surface area is 129 Å². The van der Waals surface area contributed by atoms with Crippen LogP contribution in [0, 0.1) is 23.2 Å². The summed E-state index contributed by atoms with van der Waals surface area (Å²) in [5, 5.41) is 2.17. The Bertz CT molecular complexity index is 456. The van der Waals surface area contributed by atoms with Crippen LogP contribution in [0.3, 0.4) is 0 Å². The Morgan fingerprint density at radius 3 is 1.91 bits per heavy atom. The number of primary amides is 1. The quantitative estimate of drug-likeness (QED) is 0.564. The van der Waals surface area contributed by atoms with Crippen molar-refractivity contribution in [3.63, 3.8) is 0 Å². The zero-order valence-electron chi connectivity index (χ0n) is 12.7. The van der Waals surface area contributed by atoms with Gasteiger partial charge in [0.2, 0.25) is 5.91 Å². The van der Waals surface area contributed by atoms with Gasteiger partial charge in [0.1, 0.15) is 6.54 Å². The van der Waals surface area contributed by atoms with Crippen molar-refractivity contribution in [3.8, 4) is 0 Å². The summed E-state index contributed by atoms with van der Waals surface area (Å²) < 4.78 is 0. The van der Waals surface area contributed by atoms with E-state index in [-0.39, 0.29) is 17.9 Å². The van der Waals surface area contributed by atoms with Gasteiger partial charge >= 0.3 is 6.03 Å². The topological polar surface area (TPSA) is 113 Å². The zero-order chi connectivity index (χ0) is 15.7. The Balaban J connectivity index is 1.46. The summed E-state index contributed by atoms with van der Waals surface area (Å²) in [7, 11) is 0. The van der Waals surface area contributed by atoms with Crippen molar-refractivity contribution in [3.05, 3.63) is 0 Å². The van der Waals surface area contributed by atoms with Crippen molar-refractivity contribution in [2.24, 2.45) is 28.9 Å². The fourth-order valence-electron chi connectivity index (χ4n) is 5.24. The average molecular weight is 308 g/mol. The molecule has 0 atom stereocenters. The molecule has 7 nitrogen and oxygen atoms in total. The second-order valence-corrected chi connectivity index (χ2v) is 7.41. The van der Waals surface area contributed by atoms with Crippen molar-refractivity contribution in [1.29, 1.82) is 0 Å². The van der Waals surface area contributed by atoms with Gasteiger partial charge in [0, 0.05) is 6.42 Å². The van der Waals surface area contributed by atoms with E-state index in [9.17, 15) is 14.4 Å². The Kier molecular flexibility index (Phi) is 3.97. The van der Waals surface area contributed by atoms with Crippen molar-refractivity contribution in [1.82, 2.24) is 16.2 Å². The second-order valence-electron chi connectivity index (χ2n) is 7.41. The molecule has 4 rings (SSSR count). The van der Waals surface area contributed by atoms with Crippen LogP contribution in [0.2, 0.25) is 0 Å². The largest absolute Gasteiger partial charge is 0.352 e. The van der Waals surface area contributed by atoms with E-state index in [0.29, 0.717) is 6.42 Å². The smallest absolute Gasteiger partial charge is 0.312 e.